The van der Waals surface area contributed by atoms with Crippen LogP contribution in [0.2, 0.25) is 0 Å². The fourth-order valence-electron chi connectivity index (χ4n) is 0.962. The van der Waals surface area contributed by atoms with Crippen LogP contribution in [-0.2, 0) is 15.6 Å². The fourth-order valence-corrected chi connectivity index (χ4v) is 2.06. The van der Waals surface area contributed by atoms with Gasteiger partial charge in [0.05, 0.1) is 22.9 Å². The first-order valence-corrected chi connectivity index (χ1v) is 6.99. The summed E-state index contributed by atoms with van der Waals surface area (Å²) >= 11 is 10.9. The smallest absolute Gasteiger partial charge is 0.358 e. The molecular weight excluding hydrogens is 317 g/mol. The van der Waals surface area contributed by atoms with E-state index in [0.717, 1.165) is 16.4 Å². The molecule has 11 heteroatoms. The third kappa shape index (κ3) is 3.56. The van der Waals surface area contributed by atoms with Crippen LogP contribution < -0.4 is 0 Å². The molecule has 1 rings (SSSR count). The summed E-state index contributed by atoms with van der Waals surface area (Å²) < 4.78 is 23.1. The summed E-state index contributed by atoms with van der Waals surface area (Å²) in [4.78, 5) is 8.92. The van der Waals surface area contributed by atoms with Crippen LogP contribution in [0, 0.1) is 10.1 Å². The van der Waals surface area contributed by atoms with Gasteiger partial charge in [-0.05, 0) is 4.92 Å². The van der Waals surface area contributed by atoms with Crippen LogP contribution in [0.25, 0.3) is 0 Å². The first-order valence-electron chi connectivity index (χ1n) is 3.87. The molecule has 0 unspecified atom stereocenters. The van der Waals surface area contributed by atoms with Crippen molar-refractivity contribution in [3.05, 3.63) is 26.9 Å². The average Bonchev–Trinajstić information content (AvgIpc) is 2.61. The van der Waals surface area contributed by atoms with Crippen LogP contribution in [-0.4, -0.2) is 23.1 Å². The second kappa shape index (κ2) is 5.21. The Balaban J connectivity index is 3.28. The molecule has 0 bridgehead atoms. The zero-order chi connectivity index (χ0) is 13.2. The lowest BCUT2D eigenvalue weighted by atomic mass is 10.6. The highest BCUT2D eigenvalue weighted by Gasteiger charge is 2.29. The highest BCUT2D eigenvalue weighted by atomic mass is 35.7. The highest BCUT2D eigenvalue weighted by Crippen LogP contribution is 2.25. The van der Waals surface area contributed by atoms with Crippen LogP contribution in [0.1, 0.15) is 0 Å². The quantitative estimate of drug-likeness (QED) is 0.480. The number of nitro groups is 1. The minimum Gasteiger partial charge on any atom is -0.358 e. The van der Waals surface area contributed by atoms with E-state index < -0.39 is 24.7 Å². The van der Waals surface area contributed by atoms with Crippen LogP contribution >= 0.6 is 33.9 Å². The molecule has 0 amide bonds. The number of halogens is 3. The standard InChI is InChI=1S/C6H4Cl3N3O4S/c7-1-4(8)2-11-3-5(17(9,15)16)6(10-11)12(13)14/h1,3H,2H2/b4-1-. The maximum Gasteiger partial charge on any atom is 0.410 e. The molecule has 0 fully saturated rings. The molecule has 1 heterocycles. The molecule has 0 aliphatic heterocycles. The summed E-state index contributed by atoms with van der Waals surface area (Å²) in [7, 11) is 0.784. The fraction of sp³-hybridized carbons (Fsp3) is 0.167. The predicted molar refractivity (Wildman–Crippen MR) is 61.7 cm³/mol. The molecule has 94 valence electrons. The number of hydrogen-bond donors (Lipinski definition) is 0. The van der Waals surface area contributed by atoms with Gasteiger partial charge in [-0.15, -0.1) is 0 Å². The van der Waals surface area contributed by atoms with Crippen molar-refractivity contribution < 1.29 is 13.3 Å². The summed E-state index contributed by atoms with van der Waals surface area (Å²) in [6.45, 7) is -0.0989. The van der Waals surface area contributed by atoms with E-state index >= 15 is 0 Å². The molecule has 0 saturated heterocycles. The van der Waals surface area contributed by atoms with E-state index in [1.54, 1.807) is 0 Å². The van der Waals surface area contributed by atoms with E-state index in [-0.39, 0.29) is 11.6 Å². The van der Waals surface area contributed by atoms with Gasteiger partial charge < -0.3 is 10.1 Å². The zero-order valence-electron chi connectivity index (χ0n) is 7.88. The molecule has 0 aliphatic rings. The van der Waals surface area contributed by atoms with Crippen molar-refractivity contribution >= 4 is 48.8 Å². The van der Waals surface area contributed by atoms with E-state index in [0.29, 0.717) is 0 Å². The predicted octanol–water partition coefficient (Wildman–Crippen LogP) is 2.04. The lowest BCUT2D eigenvalue weighted by molar-refractivity contribution is -0.392. The number of allylic oxidation sites excluding steroid dienone is 1. The first-order chi connectivity index (χ1) is 7.75. The van der Waals surface area contributed by atoms with Crippen molar-refractivity contribution in [3.63, 3.8) is 0 Å². The van der Waals surface area contributed by atoms with Gasteiger partial charge in [0.1, 0.15) is 0 Å². The molecule has 0 radical (unpaired) electrons. The van der Waals surface area contributed by atoms with Gasteiger partial charge in [-0.1, -0.05) is 23.2 Å². The van der Waals surface area contributed by atoms with E-state index in [2.05, 4.69) is 5.10 Å². The van der Waals surface area contributed by atoms with Gasteiger partial charge >= 0.3 is 5.82 Å². The summed E-state index contributed by atoms with van der Waals surface area (Å²) in [5.41, 5.74) is 1.03. The van der Waals surface area contributed by atoms with Gasteiger partial charge in [-0.25, -0.2) is 8.42 Å². The Morgan fingerprint density at radius 1 is 1.65 bits per heavy atom. The van der Waals surface area contributed by atoms with E-state index in [9.17, 15) is 18.5 Å². The van der Waals surface area contributed by atoms with Gasteiger partial charge in [0.2, 0.25) is 4.90 Å². The van der Waals surface area contributed by atoms with Crippen molar-refractivity contribution in [3.8, 4) is 0 Å². The SMILES string of the molecule is O=[N+]([O-])c1nn(C/C(Cl)=C/Cl)cc1S(=O)(=O)Cl. The Morgan fingerprint density at radius 3 is 2.59 bits per heavy atom. The molecule has 0 N–H and O–H groups in total. The third-order valence-electron chi connectivity index (χ3n) is 1.58. The number of nitrogens with zero attached hydrogens (tertiary/aromatic N) is 3. The average molecular weight is 321 g/mol. The Kier molecular flexibility index (Phi) is 4.36. The van der Waals surface area contributed by atoms with Crippen molar-refractivity contribution in [1.29, 1.82) is 0 Å². The van der Waals surface area contributed by atoms with E-state index in [4.69, 9.17) is 33.9 Å². The Morgan fingerprint density at radius 2 is 2.24 bits per heavy atom. The van der Waals surface area contributed by atoms with Crippen LogP contribution in [0.15, 0.2) is 21.7 Å². The molecule has 1 aromatic heterocycles. The maximum atomic E-state index is 11.1. The number of aromatic nitrogens is 2. The normalized spacial score (nSPS) is 12.8. The highest BCUT2D eigenvalue weighted by molar-refractivity contribution is 8.13. The van der Waals surface area contributed by atoms with Crippen molar-refractivity contribution in [2.45, 2.75) is 11.4 Å². The Hall–Kier alpha value is -0.830. The molecule has 0 aromatic carbocycles. The minimum atomic E-state index is -4.25. The molecule has 0 saturated carbocycles. The second-order valence-corrected chi connectivity index (χ2v) is 6.00. The van der Waals surface area contributed by atoms with Crippen molar-refractivity contribution in [2.24, 2.45) is 0 Å². The largest absolute Gasteiger partial charge is 0.410 e. The maximum absolute atomic E-state index is 11.1. The lowest BCUT2D eigenvalue weighted by Gasteiger charge is -1.91. The summed E-state index contributed by atoms with van der Waals surface area (Å²) in [5, 5.41) is 14.1. The van der Waals surface area contributed by atoms with Crippen molar-refractivity contribution in [1.82, 2.24) is 9.78 Å². The molecule has 17 heavy (non-hydrogen) atoms. The Labute approximate surface area is 110 Å². The van der Waals surface area contributed by atoms with Gasteiger partial charge in [0.25, 0.3) is 9.05 Å². The zero-order valence-corrected chi connectivity index (χ0v) is 11.0. The summed E-state index contributed by atoms with van der Waals surface area (Å²) in [6, 6.07) is 0. The van der Waals surface area contributed by atoms with Crippen LogP contribution in [0.4, 0.5) is 5.82 Å². The monoisotopic (exact) mass is 319 g/mol. The topological polar surface area (TPSA) is 95.1 Å². The van der Waals surface area contributed by atoms with Gasteiger partial charge in [-0.3, -0.25) is 0 Å². The number of hydrogen-bond acceptors (Lipinski definition) is 5. The van der Waals surface area contributed by atoms with Gasteiger partial charge in [0, 0.05) is 16.2 Å². The van der Waals surface area contributed by atoms with Gasteiger partial charge in [-0.2, -0.15) is 4.68 Å². The molecule has 1 aromatic rings. The van der Waals surface area contributed by atoms with E-state index in [1.165, 1.54) is 0 Å². The number of rotatable bonds is 4. The summed E-state index contributed by atoms with van der Waals surface area (Å²) in [6.07, 6.45) is 0.906. The van der Waals surface area contributed by atoms with Crippen LogP contribution in [0.3, 0.4) is 0 Å². The van der Waals surface area contributed by atoms with E-state index in [1.807, 2.05) is 0 Å². The molecule has 7 nitrogen and oxygen atoms in total. The molecule has 0 atom stereocenters. The third-order valence-corrected chi connectivity index (χ3v) is 3.49. The molecular formula is C6H4Cl3N3O4S. The second-order valence-electron chi connectivity index (χ2n) is 2.77. The minimum absolute atomic E-state index is 0.0989. The summed E-state index contributed by atoms with van der Waals surface area (Å²) in [5.74, 6) is -0.862. The first kappa shape index (κ1) is 14.2. The van der Waals surface area contributed by atoms with Gasteiger partial charge in [0.15, 0.2) is 0 Å². The van der Waals surface area contributed by atoms with Crippen LogP contribution in [0.5, 0.6) is 0 Å². The van der Waals surface area contributed by atoms with Crippen molar-refractivity contribution in [2.75, 3.05) is 0 Å². The lowest BCUT2D eigenvalue weighted by Crippen LogP contribution is -1.99. The Bertz CT molecular complexity index is 579. The molecule has 0 aliphatic carbocycles. The molecule has 0 spiro atoms.